The number of ether oxygens (including phenoxy) is 1. The minimum Gasteiger partial charge on any atom is -0.466 e. The third-order valence-corrected chi connectivity index (χ3v) is 7.92. The fourth-order valence-corrected chi connectivity index (χ4v) is 5.90. The Balaban J connectivity index is 1.25. The van der Waals surface area contributed by atoms with Crippen LogP contribution in [0.1, 0.15) is 57.4 Å². The van der Waals surface area contributed by atoms with E-state index in [4.69, 9.17) is 16.3 Å². The Morgan fingerprint density at radius 3 is 2.39 bits per heavy atom. The van der Waals surface area contributed by atoms with Gasteiger partial charge < -0.3 is 14.5 Å². The summed E-state index contributed by atoms with van der Waals surface area (Å²) in [5.74, 6) is 0.280. The van der Waals surface area contributed by atoms with Gasteiger partial charge in [0.1, 0.15) is 0 Å². The number of hydrogen-bond donors (Lipinski definition) is 0. The van der Waals surface area contributed by atoms with Gasteiger partial charge in [-0.25, -0.2) is 0 Å². The molecule has 3 saturated heterocycles. The predicted octanol–water partition coefficient (Wildman–Crippen LogP) is 3.96. The molecule has 33 heavy (non-hydrogen) atoms. The summed E-state index contributed by atoms with van der Waals surface area (Å²) in [6.07, 6.45) is 6.96. The minimum absolute atomic E-state index is 0.0223. The van der Waals surface area contributed by atoms with Crippen molar-refractivity contribution in [2.45, 2.75) is 70.5 Å². The summed E-state index contributed by atoms with van der Waals surface area (Å²) in [7, 11) is 0. The molecule has 2 unspecified atom stereocenters. The van der Waals surface area contributed by atoms with Crippen LogP contribution in [0, 0.1) is 5.92 Å². The molecule has 3 fully saturated rings. The largest absolute Gasteiger partial charge is 0.466 e. The van der Waals surface area contributed by atoms with Gasteiger partial charge >= 0.3 is 5.97 Å². The summed E-state index contributed by atoms with van der Waals surface area (Å²) in [6, 6.07) is 8.85. The molecule has 1 amide bonds. The zero-order valence-corrected chi connectivity index (χ0v) is 20.6. The molecule has 0 spiro atoms. The molecule has 0 saturated carbocycles. The molecular formula is C26H38ClN3O3. The lowest BCUT2D eigenvalue weighted by Gasteiger charge is -2.43. The third kappa shape index (κ3) is 6.49. The molecule has 4 rings (SSSR count). The van der Waals surface area contributed by atoms with Crippen LogP contribution in [0.4, 0.5) is 0 Å². The maximum atomic E-state index is 12.7. The quantitative estimate of drug-likeness (QED) is 0.583. The molecule has 1 aromatic rings. The first-order valence-electron chi connectivity index (χ1n) is 12.7. The Hall–Kier alpha value is -1.63. The number of piperidine rings is 2. The number of esters is 1. The fourth-order valence-electron chi connectivity index (χ4n) is 5.77. The smallest absolute Gasteiger partial charge is 0.310 e. The molecule has 0 aliphatic carbocycles. The van der Waals surface area contributed by atoms with Gasteiger partial charge in [-0.2, -0.15) is 0 Å². The van der Waals surface area contributed by atoms with Crippen LogP contribution >= 0.6 is 11.6 Å². The van der Waals surface area contributed by atoms with Gasteiger partial charge in [-0.1, -0.05) is 23.7 Å². The second-order valence-corrected chi connectivity index (χ2v) is 10.2. The lowest BCUT2D eigenvalue weighted by Crippen LogP contribution is -2.51. The molecule has 0 radical (unpaired) electrons. The molecule has 2 atom stereocenters. The van der Waals surface area contributed by atoms with Gasteiger partial charge in [-0.15, -0.1) is 0 Å². The van der Waals surface area contributed by atoms with E-state index in [1.807, 2.05) is 36.1 Å². The second kappa shape index (κ2) is 11.7. The number of carbonyl (C=O) groups is 2. The van der Waals surface area contributed by atoms with Crippen molar-refractivity contribution in [1.29, 1.82) is 0 Å². The molecule has 6 nitrogen and oxygen atoms in total. The van der Waals surface area contributed by atoms with Crippen molar-refractivity contribution in [3.05, 3.63) is 34.9 Å². The van der Waals surface area contributed by atoms with Gasteiger partial charge in [-0.05, 0) is 82.8 Å². The first kappa shape index (κ1) is 24.5. The highest BCUT2D eigenvalue weighted by Crippen LogP contribution is 2.28. The van der Waals surface area contributed by atoms with Crippen molar-refractivity contribution >= 4 is 23.5 Å². The van der Waals surface area contributed by atoms with Crippen LogP contribution in [0.5, 0.6) is 0 Å². The average molecular weight is 476 g/mol. The summed E-state index contributed by atoms with van der Waals surface area (Å²) in [5.41, 5.74) is 1.13. The monoisotopic (exact) mass is 475 g/mol. The van der Waals surface area contributed by atoms with Gasteiger partial charge in [0, 0.05) is 43.2 Å². The van der Waals surface area contributed by atoms with Gasteiger partial charge in [0.25, 0.3) is 0 Å². The average Bonchev–Trinajstić information content (AvgIpc) is 3.02. The molecule has 0 aromatic heterocycles. The molecule has 1 aromatic carbocycles. The van der Waals surface area contributed by atoms with Gasteiger partial charge in [0.15, 0.2) is 0 Å². The van der Waals surface area contributed by atoms with Gasteiger partial charge in [0.2, 0.25) is 5.91 Å². The van der Waals surface area contributed by atoms with Crippen molar-refractivity contribution in [2.24, 2.45) is 5.92 Å². The first-order chi connectivity index (χ1) is 16.0. The van der Waals surface area contributed by atoms with Crippen molar-refractivity contribution in [1.82, 2.24) is 14.7 Å². The van der Waals surface area contributed by atoms with Crippen LogP contribution in [0.3, 0.4) is 0 Å². The Morgan fingerprint density at radius 2 is 1.67 bits per heavy atom. The Labute approximate surface area is 203 Å². The van der Waals surface area contributed by atoms with Crippen molar-refractivity contribution in [3.63, 3.8) is 0 Å². The van der Waals surface area contributed by atoms with E-state index >= 15 is 0 Å². The standard InChI is InChI=1S/C26H38ClN3O3/c1-2-33-26(32)21-4-3-14-29(19-21)24-11-15-28(16-12-24)23-9-10-25(31)30(17-13-23)18-20-5-7-22(27)8-6-20/h5-8,21,23-24H,2-4,9-19H2,1H3. The van der Waals surface area contributed by atoms with Crippen molar-refractivity contribution in [3.8, 4) is 0 Å². The van der Waals surface area contributed by atoms with Crippen LogP contribution in [0.2, 0.25) is 5.02 Å². The van der Waals surface area contributed by atoms with Crippen molar-refractivity contribution < 1.29 is 14.3 Å². The Morgan fingerprint density at radius 1 is 0.970 bits per heavy atom. The number of benzene rings is 1. The zero-order valence-electron chi connectivity index (χ0n) is 19.9. The number of amides is 1. The van der Waals surface area contributed by atoms with E-state index in [2.05, 4.69) is 9.80 Å². The summed E-state index contributed by atoms with van der Waals surface area (Å²) in [5, 5.41) is 0.727. The van der Waals surface area contributed by atoms with Crippen LogP contribution in [-0.4, -0.2) is 78.0 Å². The summed E-state index contributed by atoms with van der Waals surface area (Å²) >= 11 is 6.00. The van der Waals surface area contributed by atoms with Crippen LogP contribution in [0.15, 0.2) is 24.3 Å². The predicted molar refractivity (Wildman–Crippen MR) is 130 cm³/mol. The van der Waals surface area contributed by atoms with E-state index in [0.29, 0.717) is 31.7 Å². The number of rotatable bonds is 6. The zero-order chi connectivity index (χ0) is 23.2. The minimum atomic E-state index is -0.0223. The molecular weight excluding hydrogens is 438 g/mol. The molecule has 7 heteroatoms. The normalized spacial score (nSPS) is 26.2. The van der Waals surface area contributed by atoms with Gasteiger partial charge in [-0.3, -0.25) is 14.5 Å². The molecule has 0 N–H and O–H groups in total. The number of hydrogen-bond acceptors (Lipinski definition) is 5. The third-order valence-electron chi connectivity index (χ3n) is 7.67. The number of carbonyl (C=O) groups excluding carboxylic acids is 2. The van der Waals surface area contributed by atoms with E-state index in [1.165, 1.54) is 0 Å². The maximum Gasteiger partial charge on any atom is 0.310 e. The molecule has 3 aliphatic rings. The molecule has 0 bridgehead atoms. The van der Waals surface area contributed by atoms with Crippen LogP contribution in [-0.2, 0) is 20.9 Å². The molecule has 182 valence electrons. The topological polar surface area (TPSA) is 53.1 Å². The highest BCUT2D eigenvalue weighted by molar-refractivity contribution is 6.30. The second-order valence-electron chi connectivity index (χ2n) is 9.78. The summed E-state index contributed by atoms with van der Waals surface area (Å²) in [6.45, 7) is 7.95. The van der Waals surface area contributed by atoms with E-state index in [0.717, 1.165) is 81.8 Å². The summed E-state index contributed by atoms with van der Waals surface area (Å²) < 4.78 is 5.27. The van der Waals surface area contributed by atoms with Crippen LogP contribution < -0.4 is 0 Å². The molecule has 3 heterocycles. The Bertz CT molecular complexity index is 794. The van der Waals surface area contributed by atoms with E-state index in [9.17, 15) is 9.59 Å². The van der Waals surface area contributed by atoms with Crippen molar-refractivity contribution in [2.75, 3.05) is 39.3 Å². The van der Waals surface area contributed by atoms with Gasteiger partial charge in [0.05, 0.1) is 12.5 Å². The highest BCUT2D eigenvalue weighted by Gasteiger charge is 2.34. The number of halogens is 1. The first-order valence-corrected chi connectivity index (χ1v) is 13.1. The lowest BCUT2D eigenvalue weighted by molar-refractivity contribution is -0.150. The SMILES string of the molecule is CCOC(=O)C1CCCN(C2CCN(C3CCC(=O)N(Cc4ccc(Cl)cc4)CC3)CC2)C1. The maximum absolute atomic E-state index is 12.7. The lowest BCUT2D eigenvalue weighted by atomic mass is 9.93. The van der Waals surface area contributed by atoms with E-state index in [-0.39, 0.29) is 17.8 Å². The number of nitrogens with zero attached hydrogens (tertiary/aromatic N) is 3. The van der Waals surface area contributed by atoms with Crippen LogP contribution in [0.25, 0.3) is 0 Å². The Kier molecular flexibility index (Phi) is 8.67. The van der Waals surface area contributed by atoms with E-state index in [1.54, 1.807) is 0 Å². The highest BCUT2D eigenvalue weighted by atomic mass is 35.5. The number of likely N-dealkylation sites (tertiary alicyclic amines) is 3. The summed E-state index contributed by atoms with van der Waals surface area (Å²) in [4.78, 5) is 32.1. The fraction of sp³-hybridized carbons (Fsp3) is 0.692. The molecule has 3 aliphatic heterocycles. The van der Waals surface area contributed by atoms with E-state index < -0.39 is 0 Å².